The lowest BCUT2D eigenvalue weighted by Crippen LogP contribution is -2.57. The predicted molar refractivity (Wildman–Crippen MR) is 94.4 cm³/mol. The summed E-state index contributed by atoms with van der Waals surface area (Å²) < 4.78 is 15.1. The summed E-state index contributed by atoms with van der Waals surface area (Å²) >= 11 is 0. The number of carbonyl (C=O) groups excluding carboxylic acids is 3. The number of epoxide rings is 1. The second kappa shape index (κ2) is 9.96. The average molecular weight is 373 g/mol. The molecule has 0 aromatic carbocycles. The summed E-state index contributed by atoms with van der Waals surface area (Å²) in [6, 6.07) is -2.57. The van der Waals surface area contributed by atoms with Gasteiger partial charge in [-0.2, -0.15) is 0 Å². The molecule has 0 bridgehead atoms. The standard InChI is InChI=1S/C17H31N3O6/c1-10(2)6-12(14(21)17(3)9-26-17)19-16(23)13(8-25-5)20-15(22)11(18)7-24-4/h10-13H,6-9,18H2,1-5H3,(H,19,23)(H,20,22)/t11-,12?,13-,17+/m0/s1. The summed E-state index contributed by atoms with van der Waals surface area (Å²) in [5.41, 5.74) is 4.83. The second-order valence-corrected chi connectivity index (χ2v) is 7.15. The zero-order chi connectivity index (χ0) is 19.9. The quantitative estimate of drug-likeness (QED) is 0.373. The fourth-order valence-corrected chi connectivity index (χ4v) is 2.48. The first-order chi connectivity index (χ1) is 12.1. The van der Waals surface area contributed by atoms with Crippen LogP contribution in [0.15, 0.2) is 0 Å². The molecular formula is C17H31N3O6. The van der Waals surface area contributed by atoms with Crippen LogP contribution >= 0.6 is 0 Å². The van der Waals surface area contributed by atoms with Crippen LogP contribution in [0, 0.1) is 5.92 Å². The molecular weight excluding hydrogens is 342 g/mol. The van der Waals surface area contributed by atoms with E-state index in [1.807, 2.05) is 13.8 Å². The van der Waals surface area contributed by atoms with Crippen molar-refractivity contribution < 1.29 is 28.6 Å². The first kappa shape index (κ1) is 22.5. The summed E-state index contributed by atoms with van der Waals surface area (Å²) in [4.78, 5) is 37.3. The van der Waals surface area contributed by atoms with Crippen LogP contribution in [0.5, 0.6) is 0 Å². The van der Waals surface area contributed by atoms with E-state index in [0.29, 0.717) is 13.0 Å². The van der Waals surface area contributed by atoms with Gasteiger partial charge in [-0.3, -0.25) is 14.4 Å². The van der Waals surface area contributed by atoms with Gasteiger partial charge in [0.1, 0.15) is 17.7 Å². The normalized spacial score (nSPS) is 22.4. The van der Waals surface area contributed by atoms with Gasteiger partial charge in [-0.25, -0.2) is 0 Å². The number of nitrogens with two attached hydrogens (primary N) is 1. The molecule has 0 radical (unpaired) electrons. The van der Waals surface area contributed by atoms with E-state index in [2.05, 4.69) is 10.6 Å². The molecule has 1 saturated heterocycles. The lowest BCUT2D eigenvalue weighted by atomic mass is 9.93. The Bertz CT molecular complexity index is 507. The van der Waals surface area contributed by atoms with Gasteiger partial charge in [-0.15, -0.1) is 0 Å². The van der Waals surface area contributed by atoms with E-state index in [1.54, 1.807) is 6.92 Å². The third-order valence-electron chi connectivity index (χ3n) is 4.09. The van der Waals surface area contributed by atoms with Gasteiger partial charge in [-0.05, 0) is 19.3 Å². The lowest BCUT2D eigenvalue weighted by Gasteiger charge is -2.25. The van der Waals surface area contributed by atoms with Gasteiger partial charge in [0.2, 0.25) is 11.8 Å². The highest BCUT2D eigenvalue weighted by Gasteiger charge is 2.50. The van der Waals surface area contributed by atoms with Crippen molar-refractivity contribution in [2.24, 2.45) is 11.7 Å². The number of hydrogen-bond donors (Lipinski definition) is 3. The highest BCUT2D eigenvalue weighted by atomic mass is 16.6. The molecule has 1 fully saturated rings. The first-order valence-electron chi connectivity index (χ1n) is 8.67. The predicted octanol–water partition coefficient (Wildman–Crippen LogP) is -1.02. The van der Waals surface area contributed by atoms with E-state index < -0.39 is 35.5 Å². The van der Waals surface area contributed by atoms with Crippen LogP contribution in [0.4, 0.5) is 0 Å². The largest absolute Gasteiger partial charge is 0.383 e. The number of methoxy groups -OCH3 is 2. The maximum atomic E-state index is 12.6. The molecule has 0 aromatic heterocycles. The van der Waals surface area contributed by atoms with Crippen molar-refractivity contribution in [3.05, 3.63) is 0 Å². The van der Waals surface area contributed by atoms with Crippen LogP contribution in [0.2, 0.25) is 0 Å². The number of rotatable bonds is 12. The van der Waals surface area contributed by atoms with Crippen molar-refractivity contribution >= 4 is 17.6 Å². The molecule has 1 rings (SSSR count). The Morgan fingerprint density at radius 3 is 2.08 bits per heavy atom. The van der Waals surface area contributed by atoms with E-state index in [9.17, 15) is 14.4 Å². The molecule has 9 nitrogen and oxygen atoms in total. The Hall–Kier alpha value is -1.55. The molecule has 2 amide bonds. The van der Waals surface area contributed by atoms with Crippen molar-refractivity contribution in [1.29, 1.82) is 0 Å². The molecule has 1 unspecified atom stereocenters. The fourth-order valence-electron chi connectivity index (χ4n) is 2.48. The molecule has 1 heterocycles. The van der Waals surface area contributed by atoms with E-state index in [0.717, 1.165) is 0 Å². The van der Waals surface area contributed by atoms with Gasteiger partial charge in [0.15, 0.2) is 5.78 Å². The van der Waals surface area contributed by atoms with Gasteiger partial charge in [0, 0.05) is 14.2 Å². The molecule has 150 valence electrons. The molecule has 4 atom stereocenters. The zero-order valence-corrected chi connectivity index (χ0v) is 16.2. The van der Waals surface area contributed by atoms with E-state index in [-0.39, 0.29) is 24.9 Å². The van der Waals surface area contributed by atoms with Crippen molar-refractivity contribution in [3.8, 4) is 0 Å². The molecule has 26 heavy (non-hydrogen) atoms. The van der Waals surface area contributed by atoms with Gasteiger partial charge < -0.3 is 30.6 Å². The van der Waals surface area contributed by atoms with Crippen LogP contribution in [-0.2, 0) is 28.6 Å². The fraction of sp³-hybridized carbons (Fsp3) is 0.824. The highest BCUT2D eigenvalue weighted by Crippen LogP contribution is 2.29. The minimum Gasteiger partial charge on any atom is -0.383 e. The molecule has 0 saturated carbocycles. The summed E-state index contributed by atoms with van der Waals surface area (Å²) in [6.07, 6.45) is 0.473. The molecule has 4 N–H and O–H groups in total. The van der Waals surface area contributed by atoms with Gasteiger partial charge >= 0.3 is 0 Å². The van der Waals surface area contributed by atoms with Gasteiger partial charge in [0.05, 0.1) is 25.9 Å². The van der Waals surface area contributed by atoms with Crippen LogP contribution < -0.4 is 16.4 Å². The molecule has 0 aliphatic carbocycles. The molecule has 0 aromatic rings. The summed E-state index contributed by atoms with van der Waals surface area (Å²) in [6.45, 7) is 5.94. The summed E-state index contributed by atoms with van der Waals surface area (Å²) in [7, 11) is 2.84. The van der Waals surface area contributed by atoms with E-state index >= 15 is 0 Å². The zero-order valence-electron chi connectivity index (χ0n) is 16.2. The molecule has 9 heteroatoms. The number of Topliss-reactive ketones (excluding diaryl/α,β-unsaturated/α-hetero) is 1. The Morgan fingerprint density at radius 1 is 1.08 bits per heavy atom. The molecule has 0 spiro atoms. The molecule has 1 aliphatic heterocycles. The average Bonchev–Trinajstić information content (AvgIpc) is 3.31. The topological polar surface area (TPSA) is 132 Å². The lowest BCUT2D eigenvalue weighted by molar-refractivity contribution is -0.134. The third kappa shape index (κ3) is 6.64. The monoisotopic (exact) mass is 373 g/mol. The number of hydrogen-bond acceptors (Lipinski definition) is 7. The van der Waals surface area contributed by atoms with Crippen molar-refractivity contribution in [2.45, 2.75) is 50.9 Å². The Morgan fingerprint density at radius 2 is 1.62 bits per heavy atom. The Labute approximate surface area is 154 Å². The van der Waals surface area contributed by atoms with Crippen molar-refractivity contribution in [3.63, 3.8) is 0 Å². The van der Waals surface area contributed by atoms with Crippen molar-refractivity contribution in [1.82, 2.24) is 10.6 Å². The van der Waals surface area contributed by atoms with Crippen LogP contribution in [-0.4, -0.2) is 75.4 Å². The number of nitrogens with one attached hydrogen (secondary N) is 2. The SMILES string of the molecule is COC[C@H](NC(=O)[C@@H](N)COC)C(=O)NC(CC(C)C)C(=O)[C@@]1(C)CO1. The molecule has 1 aliphatic rings. The first-order valence-corrected chi connectivity index (χ1v) is 8.67. The number of ether oxygens (including phenoxy) is 3. The summed E-state index contributed by atoms with van der Waals surface area (Å²) in [5.74, 6) is -1.02. The maximum Gasteiger partial charge on any atom is 0.245 e. The van der Waals surface area contributed by atoms with E-state index in [1.165, 1.54) is 14.2 Å². The van der Waals surface area contributed by atoms with Crippen molar-refractivity contribution in [2.75, 3.05) is 34.0 Å². The van der Waals surface area contributed by atoms with Gasteiger partial charge in [-0.1, -0.05) is 13.8 Å². The Kier molecular flexibility index (Phi) is 8.61. The Balaban J connectivity index is 2.78. The highest BCUT2D eigenvalue weighted by molar-refractivity contribution is 5.98. The van der Waals surface area contributed by atoms with Crippen LogP contribution in [0.1, 0.15) is 27.2 Å². The minimum absolute atomic E-state index is 0.0251. The third-order valence-corrected chi connectivity index (χ3v) is 4.09. The second-order valence-electron chi connectivity index (χ2n) is 7.15. The minimum atomic E-state index is -0.967. The van der Waals surface area contributed by atoms with Gasteiger partial charge in [0.25, 0.3) is 0 Å². The van der Waals surface area contributed by atoms with E-state index in [4.69, 9.17) is 19.9 Å². The van der Waals surface area contributed by atoms with Crippen LogP contribution in [0.3, 0.4) is 0 Å². The van der Waals surface area contributed by atoms with Crippen LogP contribution in [0.25, 0.3) is 0 Å². The summed E-state index contributed by atoms with van der Waals surface area (Å²) in [5, 5.41) is 5.25. The smallest absolute Gasteiger partial charge is 0.245 e. The maximum absolute atomic E-state index is 12.6. The number of ketones is 1. The number of amides is 2. The number of carbonyl (C=O) groups is 3.